The SMILES string of the molecule is ClCc1ccncc1Oc1ncn(-c2ccccc2)n1. The third kappa shape index (κ3) is 2.62. The van der Waals surface area contributed by atoms with Crippen LogP contribution in [0.4, 0.5) is 0 Å². The normalized spacial score (nSPS) is 10.4. The highest BCUT2D eigenvalue weighted by Gasteiger charge is 2.08. The fraction of sp³-hybridized carbons (Fsp3) is 0.0714. The molecule has 0 amide bonds. The molecule has 100 valence electrons. The molecule has 0 aliphatic carbocycles. The second-order valence-corrected chi connectivity index (χ2v) is 4.29. The summed E-state index contributed by atoms with van der Waals surface area (Å²) in [5, 5.41) is 4.26. The van der Waals surface area contributed by atoms with Crippen LogP contribution in [0.1, 0.15) is 5.56 Å². The summed E-state index contributed by atoms with van der Waals surface area (Å²) in [6.45, 7) is 0. The van der Waals surface area contributed by atoms with Gasteiger partial charge in [-0.1, -0.05) is 18.2 Å². The lowest BCUT2D eigenvalue weighted by atomic mass is 10.3. The molecular weight excluding hydrogens is 276 g/mol. The van der Waals surface area contributed by atoms with Crippen molar-refractivity contribution in [1.82, 2.24) is 19.7 Å². The molecule has 5 nitrogen and oxygen atoms in total. The Kier molecular flexibility index (Phi) is 3.60. The number of pyridine rings is 1. The minimum absolute atomic E-state index is 0.258. The van der Waals surface area contributed by atoms with Gasteiger partial charge in [-0.3, -0.25) is 4.98 Å². The summed E-state index contributed by atoms with van der Waals surface area (Å²) in [7, 11) is 0. The van der Waals surface area contributed by atoms with Crippen molar-refractivity contribution in [2.45, 2.75) is 5.88 Å². The summed E-state index contributed by atoms with van der Waals surface area (Å²) in [5.74, 6) is 0.908. The van der Waals surface area contributed by atoms with Crippen molar-refractivity contribution in [3.8, 4) is 17.4 Å². The van der Waals surface area contributed by atoms with E-state index >= 15 is 0 Å². The van der Waals surface area contributed by atoms with Gasteiger partial charge >= 0.3 is 6.01 Å². The van der Waals surface area contributed by atoms with E-state index < -0.39 is 0 Å². The Morgan fingerprint density at radius 3 is 2.80 bits per heavy atom. The molecule has 0 saturated heterocycles. The van der Waals surface area contributed by atoms with E-state index in [4.69, 9.17) is 16.3 Å². The lowest BCUT2D eigenvalue weighted by molar-refractivity contribution is 0.436. The molecule has 1 aromatic carbocycles. The molecule has 0 saturated carbocycles. The van der Waals surface area contributed by atoms with Crippen LogP contribution in [-0.2, 0) is 5.88 Å². The number of rotatable bonds is 4. The van der Waals surface area contributed by atoms with Gasteiger partial charge < -0.3 is 4.74 Å². The molecule has 0 aliphatic rings. The number of halogens is 1. The number of hydrogen-bond donors (Lipinski definition) is 0. The Hall–Kier alpha value is -2.40. The fourth-order valence-corrected chi connectivity index (χ4v) is 1.93. The summed E-state index contributed by atoms with van der Waals surface area (Å²) in [6.07, 6.45) is 4.86. The molecule has 0 N–H and O–H groups in total. The van der Waals surface area contributed by atoms with Crippen LogP contribution in [0.15, 0.2) is 55.1 Å². The second kappa shape index (κ2) is 5.71. The highest BCUT2D eigenvalue weighted by atomic mass is 35.5. The van der Waals surface area contributed by atoms with Gasteiger partial charge in [0.2, 0.25) is 0 Å². The maximum absolute atomic E-state index is 5.85. The largest absolute Gasteiger partial charge is 0.421 e. The van der Waals surface area contributed by atoms with Crippen molar-refractivity contribution in [3.63, 3.8) is 0 Å². The van der Waals surface area contributed by atoms with E-state index in [1.165, 1.54) is 0 Å². The summed E-state index contributed by atoms with van der Waals surface area (Å²) >= 11 is 5.85. The molecule has 2 heterocycles. The van der Waals surface area contributed by atoms with Gasteiger partial charge in [0.05, 0.1) is 17.8 Å². The zero-order chi connectivity index (χ0) is 13.8. The predicted octanol–water partition coefficient (Wildman–Crippen LogP) is 3.19. The van der Waals surface area contributed by atoms with Gasteiger partial charge in [0.1, 0.15) is 6.33 Å². The molecule has 0 aliphatic heterocycles. The zero-order valence-corrected chi connectivity index (χ0v) is 11.2. The summed E-state index contributed by atoms with van der Waals surface area (Å²) < 4.78 is 7.26. The number of benzene rings is 1. The van der Waals surface area contributed by atoms with Gasteiger partial charge in [-0.25, -0.2) is 4.68 Å². The molecule has 3 rings (SSSR count). The fourth-order valence-electron chi connectivity index (χ4n) is 1.71. The van der Waals surface area contributed by atoms with E-state index in [0.29, 0.717) is 11.6 Å². The van der Waals surface area contributed by atoms with Gasteiger partial charge in [0, 0.05) is 11.8 Å². The number of hydrogen-bond acceptors (Lipinski definition) is 4. The molecule has 6 heteroatoms. The van der Waals surface area contributed by atoms with Crippen LogP contribution in [0.2, 0.25) is 0 Å². The van der Waals surface area contributed by atoms with Gasteiger partial charge in [-0.2, -0.15) is 4.98 Å². The topological polar surface area (TPSA) is 52.8 Å². The lowest BCUT2D eigenvalue weighted by Crippen LogP contribution is -1.96. The maximum atomic E-state index is 5.85. The number of nitrogens with zero attached hydrogens (tertiary/aromatic N) is 4. The van der Waals surface area contributed by atoms with Crippen LogP contribution in [-0.4, -0.2) is 19.7 Å². The highest BCUT2D eigenvalue weighted by molar-refractivity contribution is 6.17. The van der Waals surface area contributed by atoms with Gasteiger partial charge in [-0.05, 0) is 18.2 Å². The quantitative estimate of drug-likeness (QED) is 0.691. The standard InChI is InChI=1S/C14H11ClN4O/c15-8-11-6-7-16-9-13(11)20-14-17-10-19(18-14)12-4-2-1-3-5-12/h1-7,9-10H,8H2. The van der Waals surface area contributed by atoms with Crippen molar-refractivity contribution in [3.05, 3.63) is 60.7 Å². The first-order valence-corrected chi connectivity index (χ1v) is 6.54. The Labute approximate surface area is 120 Å². The summed E-state index contributed by atoms with van der Waals surface area (Å²) in [6, 6.07) is 11.7. The van der Waals surface area contributed by atoms with Gasteiger partial charge in [-0.15, -0.1) is 16.7 Å². The minimum atomic E-state index is 0.258. The summed E-state index contributed by atoms with van der Waals surface area (Å²) in [5.41, 5.74) is 1.76. The zero-order valence-electron chi connectivity index (χ0n) is 10.5. The van der Waals surface area contributed by atoms with E-state index in [0.717, 1.165) is 11.3 Å². The molecule has 0 atom stereocenters. The average molecular weight is 287 g/mol. The second-order valence-electron chi connectivity index (χ2n) is 4.03. The number of ether oxygens (including phenoxy) is 1. The van der Waals surface area contributed by atoms with Crippen LogP contribution in [0.3, 0.4) is 0 Å². The molecule has 20 heavy (non-hydrogen) atoms. The molecular formula is C14H11ClN4O. The van der Waals surface area contributed by atoms with Gasteiger partial charge in [0.15, 0.2) is 5.75 Å². The van der Waals surface area contributed by atoms with E-state index in [1.54, 1.807) is 29.5 Å². The van der Waals surface area contributed by atoms with Crippen molar-refractivity contribution in [1.29, 1.82) is 0 Å². The first-order valence-electron chi connectivity index (χ1n) is 6.00. The van der Waals surface area contributed by atoms with Crippen LogP contribution in [0, 0.1) is 0 Å². The average Bonchev–Trinajstić information content (AvgIpc) is 2.97. The first-order chi connectivity index (χ1) is 9.86. The highest BCUT2D eigenvalue weighted by Crippen LogP contribution is 2.23. The first kappa shape index (κ1) is 12.6. The van der Waals surface area contributed by atoms with Crippen molar-refractivity contribution in [2.75, 3.05) is 0 Å². The smallest absolute Gasteiger partial charge is 0.341 e. The van der Waals surface area contributed by atoms with E-state index in [2.05, 4.69) is 15.1 Å². The third-order valence-electron chi connectivity index (χ3n) is 2.71. The number of para-hydroxylation sites is 1. The van der Waals surface area contributed by atoms with E-state index in [-0.39, 0.29) is 6.01 Å². The molecule has 0 bridgehead atoms. The van der Waals surface area contributed by atoms with Crippen LogP contribution in [0.25, 0.3) is 5.69 Å². The monoisotopic (exact) mass is 286 g/mol. The van der Waals surface area contributed by atoms with Crippen LogP contribution >= 0.6 is 11.6 Å². The predicted molar refractivity (Wildman–Crippen MR) is 75.2 cm³/mol. The molecule has 0 spiro atoms. The maximum Gasteiger partial charge on any atom is 0.341 e. The van der Waals surface area contributed by atoms with Crippen molar-refractivity contribution in [2.24, 2.45) is 0 Å². The minimum Gasteiger partial charge on any atom is -0.421 e. The Morgan fingerprint density at radius 1 is 1.15 bits per heavy atom. The van der Waals surface area contributed by atoms with Crippen molar-refractivity contribution < 1.29 is 4.74 Å². The molecule has 0 unspecified atom stereocenters. The summed E-state index contributed by atoms with van der Waals surface area (Å²) in [4.78, 5) is 8.13. The Balaban J connectivity index is 1.84. The Bertz CT molecular complexity index is 699. The molecule has 0 radical (unpaired) electrons. The number of alkyl halides is 1. The van der Waals surface area contributed by atoms with E-state index in [1.807, 2.05) is 30.3 Å². The third-order valence-corrected chi connectivity index (χ3v) is 2.99. The van der Waals surface area contributed by atoms with Crippen LogP contribution in [0.5, 0.6) is 11.8 Å². The van der Waals surface area contributed by atoms with Crippen LogP contribution < -0.4 is 4.74 Å². The lowest BCUT2D eigenvalue weighted by Gasteiger charge is -2.04. The molecule has 0 fully saturated rings. The van der Waals surface area contributed by atoms with Crippen molar-refractivity contribution >= 4 is 11.6 Å². The van der Waals surface area contributed by atoms with Gasteiger partial charge in [0.25, 0.3) is 0 Å². The molecule has 2 aromatic heterocycles. The molecule has 3 aromatic rings. The Morgan fingerprint density at radius 2 is 2.00 bits per heavy atom. The van der Waals surface area contributed by atoms with E-state index in [9.17, 15) is 0 Å². The number of aromatic nitrogens is 4.